The van der Waals surface area contributed by atoms with Gasteiger partial charge in [0.2, 0.25) is 5.28 Å². The molecular weight excluding hydrogens is 266 g/mol. The first-order valence-corrected chi connectivity index (χ1v) is 6.89. The predicted octanol–water partition coefficient (Wildman–Crippen LogP) is 1.97. The molecule has 2 heterocycles. The number of aromatic amines is 1. The molecule has 2 unspecified atom stereocenters. The molecule has 1 fully saturated rings. The Hall–Kier alpha value is -1.40. The van der Waals surface area contributed by atoms with E-state index in [9.17, 15) is 5.11 Å². The molecule has 1 saturated carbocycles. The van der Waals surface area contributed by atoms with Gasteiger partial charge in [-0.2, -0.15) is 9.97 Å². The summed E-state index contributed by atoms with van der Waals surface area (Å²) >= 11 is 5.90. The fourth-order valence-corrected chi connectivity index (χ4v) is 2.87. The molecule has 1 aliphatic rings. The Bertz CT molecular complexity index is 572. The predicted molar refractivity (Wildman–Crippen MR) is 73.1 cm³/mol. The van der Waals surface area contributed by atoms with Crippen LogP contribution < -0.4 is 5.32 Å². The fourth-order valence-electron chi connectivity index (χ4n) is 2.70. The van der Waals surface area contributed by atoms with Crippen molar-refractivity contribution in [2.75, 3.05) is 11.9 Å². The van der Waals surface area contributed by atoms with Gasteiger partial charge in [-0.05, 0) is 24.4 Å². The van der Waals surface area contributed by atoms with E-state index < -0.39 is 0 Å². The highest BCUT2D eigenvalue weighted by atomic mass is 35.5. The maximum Gasteiger partial charge on any atom is 0.226 e. The van der Waals surface area contributed by atoms with E-state index in [4.69, 9.17) is 11.6 Å². The number of nitrogens with one attached hydrogen (secondary N) is 2. The zero-order chi connectivity index (χ0) is 13.2. The highest BCUT2D eigenvalue weighted by molar-refractivity contribution is 6.28. The molecule has 0 radical (unpaired) electrons. The van der Waals surface area contributed by atoms with Gasteiger partial charge in [0.25, 0.3) is 0 Å². The number of H-pyrrole nitrogens is 1. The number of hydrogen-bond donors (Lipinski definition) is 3. The lowest BCUT2D eigenvalue weighted by molar-refractivity contribution is 0.178. The van der Waals surface area contributed by atoms with Crippen molar-refractivity contribution in [3.8, 4) is 0 Å². The van der Waals surface area contributed by atoms with Crippen LogP contribution in [-0.4, -0.2) is 37.7 Å². The molecule has 0 aromatic carbocycles. The van der Waals surface area contributed by atoms with Gasteiger partial charge in [0, 0.05) is 18.6 Å². The van der Waals surface area contributed by atoms with Gasteiger partial charge in [-0.25, -0.2) is 4.98 Å². The Balaban J connectivity index is 1.89. The van der Waals surface area contributed by atoms with Crippen molar-refractivity contribution in [3.63, 3.8) is 0 Å². The van der Waals surface area contributed by atoms with E-state index >= 15 is 0 Å². The molecule has 102 valence electrons. The molecule has 3 rings (SSSR count). The first kappa shape index (κ1) is 12.6. The molecule has 3 N–H and O–H groups in total. The minimum absolute atomic E-state index is 0.179. The van der Waals surface area contributed by atoms with Crippen LogP contribution in [0.1, 0.15) is 25.7 Å². The van der Waals surface area contributed by atoms with Crippen LogP contribution in [0.4, 0.5) is 5.82 Å². The molecule has 0 spiro atoms. The second kappa shape index (κ2) is 5.30. The summed E-state index contributed by atoms with van der Waals surface area (Å²) in [6.07, 6.45) is 5.99. The monoisotopic (exact) mass is 281 g/mol. The van der Waals surface area contributed by atoms with Crippen molar-refractivity contribution < 1.29 is 5.11 Å². The third-order valence-corrected chi connectivity index (χ3v) is 3.89. The molecule has 2 aromatic heterocycles. The number of fused-ring (bicyclic) bond motifs is 1. The molecule has 19 heavy (non-hydrogen) atoms. The standard InChI is InChI=1S/C12H16ClN5O/c13-12-17-10-9(14-6-15-10)11(18-12)16-8-4-2-1-3-7(8)5-19/h6-8,19H,1-5H2,(H2,14,15,16,17,18). The van der Waals surface area contributed by atoms with E-state index in [1.807, 2.05) is 0 Å². The van der Waals surface area contributed by atoms with Gasteiger partial charge in [-0.1, -0.05) is 12.8 Å². The minimum atomic E-state index is 0.179. The van der Waals surface area contributed by atoms with Gasteiger partial charge in [0.05, 0.1) is 6.33 Å². The Kier molecular flexibility index (Phi) is 3.52. The van der Waals surface area contributed by atoms with Gasteiger partial charge in [-0.15, -0.1) is 0 Å². The first-order chi connectivity index (χ1) is 9.28. The Labute approximate surface area is 115 Å². The number of halogens is 1. The highest BCUT2D eigenvalue weighted by Gasteiger charge is 2.25. The molecule has 7 heteroatoms. The summed E-state index contributed by atoms with van der Waals surface area (Å²) in [5, 5.41) is 13.0. The van der Waals surface area contributed by atoms with Gasteiger partial charge in [0.1, 0.15) is 5.52 Å². The van der Waals surface area contributed by atoms with Gasteiger partial charge in [-0.3, -0.25) is 0 Å². The summed E-state index contributed by atoms with van der Waals surface area (Å²) in [6.45, 7) is 0.197. The maximum absolute atomic E-state index is 9.45. The summed E-state index contributed by atoms with van der Waals surface area (Å²) in [5.41, 5.74) is 1.31. The van der Waals surface area contributed by atoms with Crippen molar-refractivity contribution in [1.29, 1.82) is 0 Å². The van der Waals surface area contributed by atoms with E-state index in [2.05, 4.69) is 25.3 Å². The van der Waals surface area contributed by atoms with Crippen molar-refractivity contribution >= 4 is 28.6 Å². The number of imidazole rings is 1. The third kappa shape index (κ3) is 2.50. The number of nitrogens with zero attached hydrogens (tertiary/aromatic N) is 3. The van der Waals surface area contributed by atoms with Gasteiger partial charge < -0.3 is 15.4 Å². The molecule has 0 aliphatic heterocycles. The summed E-state index contributed by atoms with van der Waals surface area (Å²) in [5.74, 6) is 0.929. The number of anilines is 1. The van der Waals surface area contributed by atoms with Crippen LogP contribution in [0.3, 0.4) is 0 Å². The fraction of sp³-hybridized carbons (Fsp3) is 0.583. The van der Waals surface area contributed by atoms with E-state index in [-0.39, 0.29) is 23.9 Å². The number of aliphatic hydroxyl groups excluding tert-OH is 1. The normalized spacial score (nSPS) is 23.7. The molecule has 6 nitrogen and oxygen atoms in total. The van der Waals surface area contributed by atoms with Gasteiger partial charge >= 0.3 is 0 Å². The van der Waals surface area contributed by atoms with Crippen molar-refractivity contribution in [1.82, 2.24) is 19.9 Å². The maximum atomic E-state index is 9.45. The van der Waals surface area contributed by atoms with Crippen molar-refractivity contribution in [3.05, 3.63) is 11.6 Å². The lowest BCUT2D eigenvalue weighted by Crippen LogP contribution is -2.34. The van der Waals surface area contributed by atoms with E-state index in [0.717, 1.165) is 18.4 Å². The minimum Gasteiger partial charge on any atom is -0.396 e. The van der Waals surface area contributed by atoms with Crippen LogP contribution in [0.15, 0.2) is 6.33 Å². The van der Waals surface area contributed by atoms with E-state index in [0.29, 0.717) is 11.5 Å². The Morgan fingerprint density at radius 2 is 2.21 bits per heavy atom. The van der Waals surface area contributed by atoms with Crippen LogP contribution in [0.25, 0.3) is 11.2 Å². The van der Waals surface area contributed by atoms with E-state index in [1.54, 1.807) is 6.33 Å². The summed E-state index contributed by atoms with van der Waals surface area (Å²) in [7, 11) is 0. The topological polar surface area (TPSA) is 86.7 Å². The molecular formula is C12H16ClN5O. The number of rotatable bonds is 3. The van der Waals surface area contributed by atoms with Crippen LogP contribution >= 0.6 is 11.6 Å². The average molecular weight is 282 g/mol. The first-order valence-electron chi connectivity index (χ1n) is 6.52. The molecule has 2 atom stereocenters. The van der Waals surface area contributed by atoms with Crippen molar-refractivity contribution in [2.45, 2.75) is 31.7 Å². The average Bonchev–Trinajstić information content (AvgIpc) is 2.87. The van der Waals surface area contributed by atoms with Crippen molar-refractivity contribution in [2.24, 2.45) is 5.92 Å². The zero-order valence-electron chi connectivity index (χ0n) is 10.4. The lowest BCUT2D eigenvalue weighted by atomic mass is 9.85. The largest absolute Gasteiger partial charge is 0.396 e. The zero-order valence-corrected chi connectivity index (χ0v) is 11.2. The number of hydrogen-bond acceptors (Lipinski definition) is 5. The molecule has 0 amide bonds. The Morgan fingerprint density at radius 3 is 3.05 bits per heavy atom. The second-order valence-electron chi connectivity index (χ2n) is 4.92. The second-order valence-corrected chi connectivity index (χ2v) is 5.26. The summed E-state index contributed by atoms with van der Waals surface area (Å²) in [6, 6.07) is 0.219. The molecule has 0 saturated heterocycles. The van der Waals surface area contributed by atoms with Crippen LogP contribution in [-0.2, 0) is 0 Å². The smallest absolute Gasteiger partial charge is 0.226 e. The van der Waals surface area contributed by atoms with Crippen LogP contribution in [0, 0.1) is 5.92 Å². The van der Waals surface area contributed by atoms with Crippen LogP contribution in [0.5, 0.6) is 0 Å². The number of aromatic nitrogens is 4. The Morgan fingerprint density at radius 1 is 1.37 bits per heavy atom. The SMILES string of the molecule is OCC1CCCCC1Nc1nc(Cl)nc2nc[nH]c12. The van der Waals surface area contributed by atoms with E-state index in [1.165, 1.54) is 12.8 Å². The molecule has 1 aliphatic carbocycles. The quantitative estimate of drug-likeness (QED) is 0.749. The van der Waals surface area contributed by atoms with Crippen LogP contribution in [0.2, 0.25) is 5.28 Å². The summed E-state index contributed by atoms with van der Waals surface area (Å²) in [4.78, 5) is 15.4. The molecule has 0 bridgehead atoms. The molecule has 2 aromatic rings. The highest BCUT2D eigenvalue weighted by Crippen LogP contribution is 2.28. The van der Waals surface area contributed by atoms with Gasteiger partial charge in [0.15, 0.2) is 11.5 Å². The third-order valence-electron chi connectivity index (χ3n) is 3.72. The summed E-state index contributed by atoms with van der Waals surface area (Å²) < 4.78 is 0. The lowest BCUT2D eigenvalue weighted by Gasteiger charge is -2.31. The number of aliphatic hydroxyl groups is 1.